The van der Waals surface area contributed by atoms with E-state index in [0.29, 0.717) is 0 Å². The lowest BCUT2D eigenvalue weighted by Gasteiger charge is -2.08. The molecule has 0 saturated carbocycles. The van der Waals surface area contributed by atoms with Gasteiger partial charge in [0.2, 0.25) is 34.8 Å². The first-order valence-corrected chi connectivity index (χ1v) is 6.90. The average molecular weight is 336 g/mol. The number of aryl methyl sites for hydroxylation is 2. The zero-order valence-electron chi connectivity index (χ0n) is 11.2. The summed E-state index contributed by atoms with van der Waals surface area (Å²) in [6.45, 7) is 1.86. The standard InChI is InChI=1S/C14H9F5O2S/c1-6-2-3-7(22-6)4-5-8(20)21-14-12(18)10(16)9(15)11(17)13(14)19/h2-3H,4-5H2,1H3. The Morgan fingerprint density at radius 2 is 1.55 bits per heavy atom. The molecule has 8 heteroatoms. The molecule has 2 aromatic rings. The number of benzene rings is 1. The molecule has 2 nitrogen and oxygen atoms in total. The van der Waals surface area contributed by atoms with E-state index in [9.17, 15) is 26.7 Å². The minimum absolute atomic E-state index is 0.243. The van der Waals surface area contributed by atoms with Crippen molar-refractivity contribution in [3.63, 3.8) is 0 Å². The van der Waals surface area contributed by atoms with Gasteiger partial charge in [0.1, 0.15) is 0 Å². The summed E-state index contributed by atoms with van der Waals surface area (Å²) in [7, 11) is 0. The zero-order valence-corrected chi connectivity index (χ0v) is 12.0. The van der Waals surface area contributed by atoms with Crippen LogP contribution in [0.2, 0.25) is 0 Å². The summed E-state index contributed by atoms with van der Waals surface area (Å²) >= 11 is 1.42. The Hall–Kier alpha value is -1.96. The van der Waals surface area contributed by atoms with E-state index in [4.69, 9.17) is 0 Å². The molecule has 1 aromatic carbocycles. The first-order valence-electron chi connectivity index (χ1n) is 6.08. The topological polar surface area (TPSA) is 26.3 Å². The maximum Gasteiger partial charge on any atom is 0.311 e. The van der Waals surface area contributed by atoms with Gasteiger partial charge in [0, 0.05) is 9.75 Å². The van der Waals surface area contributed by atoms with Gasteiger partial charge in [-0.15, -0.1) is 11.3 Å². The van der Waals surface area contributed by atoms with Crippen LogP contribution in [0.4, 0.5) is 22.0 Å². The molecule has 0 unspecified atom stereocenters. The maximum atomic E-state index is 13.3. The smallest absolute Gasteiger partial charge is 0.311 e. The summed E-state index contributed by atoms with van der Waals surface area (Å²) < 4.78 is 69.7. The molecule has 0 amide bonds. The average Bonchev–Trinajstić information content (AvgIpc) is 2.91. The fourth-order valence-electron chi connectivity index (χ4n) is 1.68. The molecule has 0 N–H and O–H groups in total. The number of thiophene rings is 1. The monoisotopic (exact) mass is 336 g/mol. The fourth-order valence-corrected chi connectivity index (χ4v) is 2.57. The maximum absolute atomic E-state index is 13.3. The van der Waals surface area contributed by atoms with Crippen molar-refractivity contribution in [1.29, 1.82) is 0 Å². The Kier molecular flexibility index (Phi) is 4.80. The van der Waals surface area contributed by atoms with Crippen molar-refractivity contribution in [2.45, 2.75) is 19.8 Å². The fraction of sp³-hybridized carbons (Fsp3) is 0.214. The minimum atomic E-state index is -2.30. The predicted molar refractivity (Wildman–Crippen MR) is 69.2 cm³/mol. The van der Waals surface area contributed by atoms with Crippen molar-refractivity contribution in [2.75, 3.05) is 0 Å². The number of hydrogen-bond donors (Lipinski definition) is 0. The molecule has 1 aromatic heterocycles. The molecule has 0 radical (unpaired) electrons. The van der Waals surface area contributed by atoms with Crippen LogP contribution in [0.1, 0.15) is 16.2 Å². The van der Waals surface area contributed by atoms with E-state index in [-0.39, 0.29) is 12.8 Å². The molecule has 0 bridgehead atoms. The highest BCUT2D eigenvalue weighted by atomic mass is 32.1. The molecule has 0 fully saturated rings. The lowest BCUT2D eigenvalue weighted by atomic mass is 10.2. The number of hydrogen-bond acceptors (Lipinski definition) is 3. The van der Waals surface area contributed by atoms with Crippen LogP contribution in [-0.4, -0.2) is 5.97 Å². The largest absolute Gasteiger partial charge is 0.420 e. The van der Waals surface area contributed by atoms with E-state index in [1.54, 1.807) is 6.07 Å². The van der Waals surface area contributed by atoms with Gasteiger partial charge in [-0.3, -0.25) is 4.79 Å². The van der Waals surface area contributed by atoms with Crippen molar-refractivity contribution in [3.05, 3.63) is 51.0 Å². The second kappa shape index (κ2) is 6.43. The van der Waals surface area contributed by atoms with Gasteiger partial charge in [-0.2, -0.15) is 8.78 Å². The molecule has 0 spiro atoms. The SMILES string of the molecule is Cc1ccc(CCC(=O)Oc2c(F)c(F)c(F)c(F)c2F)s1. The lowest BCUT2D eigenvalue weighted by molar-refractivity contribution is -0.134. The van der Waals surface area contributed by atoms with Gasteiger partial charge in [-0.25, -0.2) is 13.2 Å². The molecule has 1 heterocycles. The van der Waals surface area contributed by atoms with Gasteiger partial charge in [-0.05, 0) is 25.5 Å². The summed E-state index contributed by atoms with van der Waals surface area (Å²) in [5.74, 6) is -13.6. The minimum Gasteiger partial charge on any atom is -0.420 e. The third kappa shape index (κ3) is 3.27. The molecular formula is C14H9F5O2S. The number of carbonyl (C=O) groups excluding carboxylic acids is 1. The molecule has 0 saturated heterocycles. The van der Waals surface area contributed by atoms with Crippen molar-refractivity contribution >= 4 is 17.3 Å². The highest BCUT2D eigenvalue weighted by Gasteiger charge is 2.28. The zero-order chi connectivity index (χ0) is 16.4. The summed E-state index contributed by atoms with van der Waals surface area (Å²) in [5.41, 5.74) is 0. The van der Waals surface area contributed by atoms with Crippen LogP contribution in [0, 0.1) is 36.0 Å². The summed E-state index contributed by atoms with van der Waals surface area (Å²) in [5, 5.41) is 0. The van der Waals surface area contributed by atoms with Crippen LogP contribution < -0.4 is 4.74 Å². The lowest BCUT2D eigenvalue weighted by Crippen LogP contribution is -2.13. The normalized spacial score (nSPS) is 10.8. The van der Waals surface area contributed by atoms with Crippen molar-refractivity contribution in [3.8, 4) is 5.75 Å². The number of halogens is 5. The van der Waals surface area contributed by atoms with Gasteiger partial charge in [0.05, 0.1) is 6.42 Å². The Balaban J connectivity index is 2.12. The molecule has 118 valence electrons. The summed E-state index contributed by atoms with van der Waals surface area (Å²) in [6.07, 6.45) is -0.00775. The van der Waals surface area contributed by atoms with E-state index in [2.05, 4.69) is 4.74 Å². The van der Waals surface area contributed by atoms with Crippen LogP contribution in [0.3, 0.4) is 0 Å². The quantitative estimate of drug-likeness (QED) is 0.274. The van der Waals surface area contributed by atoms with E-state index >= 15 is 0 Å². The Labute approximate surface area is 126 Å². The van der Waals surface area contributed by atoms with Crippen molar-refractivity contribution in [1.82, 2.24) is 0 Å². The van der Waals surface area contributed by atoms with Gasteiger partial charge < -0.3 is 4.74 Å². The second-order valence-corrected chi connectivity index (χ2v) is 5.76. The highest BCUT2D eigenvalue weighted by molar-refractivity contribution is 7.11. The van der Waals surface area contributed by atoms with Gasteiger partial charge in [0.25, 0.3) is 0 Å². The molecular weight excluding hydrogens is 327 g/mol. The molecule has 22 heavy (non-hydrogen) atoms. The third-order valence-electron chi connectivity index (χ3n) is 2.76. The van der Waals surface area contributed by atoms with Crippen LogP contribution in [0.5, 0.6) is 5.75 Å². The van der Waals surface area contributed by atoms with Crippen LogP contribution in [0.25, 0.3) is 0 Å². The van der Waals surface area contributed by atoms with Crippen molar-refractivity contribution < 1.29 is 31.5 Å². The van der Waals surface area contributed by atoms with Crippen molar-refractivity contribution in [2.24, 2.45) is 0 Å². The van der Waals surface area contributed by atoms with Crippen LogP contribution in [-0.2, 0) is 11.2 Å². The Bertz CT molecular complexity index is 697. The number of ether oxygens (including phenoxy) is 1. The number of esters is 1. The molecule has 0 aliphatic heterocycles. The molecule has 0 aliphatic rings. The Morgan fingerprint density at radius 3 is 2.05 bits per heavy atom. The van der Waals surface area contributed by atoms with Crippen LogP contribution >= 0.6 is 11.3 Å². The highest BCUT2D eigenvalue weighted by Crippen LogP contribution is 2.29. The number of rotatable bonds is 4. The first-order chi connectivity index (χ1) is 10.3. The van der Waals surface area contributed by atoms with E-state index in [1.807, 2.05) is 13.0 Å². The predicted octanol–water partition coefficient (Wildman–Crippen LogP) is 4.29. The summed E-state index contributed by atoms with van der Waals surface area (Å²) in [4.78, 5) is 13.4. The van der Waals surface area contributed by atoms with E-state index in [1.165, 1.54) is 11.3 Å². The Morgan fingerprint density at radius 1 is 1.00 bits per heavy atom. The summed E-state index contributed by atoms with van der Waals surface area (Å²) in [6, 6.07) is 3.60. The first kappa shape index (κ1) is 16.4. The van der Waals surface area contributed by atoms with E-state index < -0.39 is 40.8 Å². The van der Waals surface area contributed by atoms with Gasteiger partial charge in [0.15, 0.2) is 0 Å². The van der Waals surface area contributed by atoms with E-state index in [0.717, 1.165) is 9.75 Å². The molecule has 0 aliphatic carbocycles. The van der Waals surface area contributed by atoms with Crippen LogP contribution in [0.15, 0.2) is 12.1 Å². The third-order valence-corrected chi connectivity index (χ3v) is 3.82. The number of carbonyl (C=O) groups is 1. The molecule has 0 atom stereocenters. The van der Waals surface area contributed by atoms with Gasteiger partial charge >= 0.3 is 5.97 Å². The van der Waals surface area contributed by atoms with Gasteiger partial charge in [-0.1, -0.05) is 0 Å². The second-order valence-electron chi connectivity index (χ2n) is 4.39. The molecule has 2 rings (SSSR count).